The first-order chi connectivity index (χ1) is 11.0. The third-order valence-corrected chi connectivity index (χ3v) is 3.83. The number of para-hydroxylation sites is 1. The number of hydrogen-bond acceptors (Lipinski definition) is 4. The molecule has 2 aromatic carbocycles. The molecule has 4 nitrogen and oxygen atoms in total. The average Bonchev–Trinajstić information content (AvgIpc) is 2.82. The second-order valence-corrected chi connectivity index (χ2v) is 5.90. The van der Waals surface area contributed by atoms with E-state index in [9.17, 15) is 0 Å². The van der Waals surface area contributed by atoms with E-state index in [0.29, 0.717) is 11.3 Å². The fourth-order valence-electron chi connectivity index (χ4n) is 2.36. The Hall–Kier alpha value is -2.71. The Balaban J connectivity index is 1.86. The second kappa shape index (κ2) is 5.83. The van der Waals surface area contributed by atoms with Gasteiger partial charge in [0.15, 0.2) is 0 Å². The maximum Gasteiger partial charge on any atom is 0.565 e. The van der Waals surface area contributed by atoms with Gasteiger partial charge in [0.25, 0.3) is 0 Å². The first-order valence-corrected chi connectivity index (χ1v) is 7.39. The Morgan fingerprint density at radius 3 is 2.43 bits per heavy atom. The highest BCUT2D eigenvalue weighted by molar-refractivity contribution is 6.64. The number of rotatable bonds is 3. The highest BCUT2D eigenvalue weighted by atomic mass is 16.7. The Kier molecular flexibility index (Phi) is 3.85. The van der Waals surface area contributed by atoms with Crippen LogP contribution in [0.15, 0.2) is 60.9 Å². The van der Waals surface area contributed by atoms with Gasteiger partial charge in [0.2, 0.25) is 0 Å². The molecule has 1 N–H and O–H groups in total. The molecule has 3 rings (SSSR count). The molecule has 0 spiro atoms. The summed E-state index contributed by atoms with van der Waals surface area (Å²) in [5.41, 5.74) is 2.82. The van der Waals surface area contributed by atoms with E-state index in [1.165, 1.54) is 0 Å². The van der Waals surface area contributed by atoms with Gasteiger partial charge in [0, 0.05) is 16.8 Å². The van der Waals surface area contributed by atoms with E-state index in [-0.39, 0.29) is 0 Å². The third-order valence-electron chi connectivity index (χ3n) is 3.83. The van der Waals surface area contributed by atoms with Gasteiger partial charge >= 0.3 is 7.12 Å². The molecule has 1 saturated heterocycles. The smallest absolute Gasteiger partial charge is 0.534 e. The Bertz CT molecular complexity index is 778. The third kappa shape index (κ3) is 3.08. The molecule has 0 radical (unpaired) electrons. The zero-order valence-electron chi connectivity index (χ0n) is 13.2. The van der Waals surface area contributed by atoms with Crippen LogP contribution in [0.4, 0.5) is 11.4 Å². The van der Waals surface area contributed by atoms with Gasteiger partial charge in [-0.05, 0) is 44.2 Å². The van der Waals surface area contributed by atoms with Crippen molar-refractivity contribution in [2.45, 2.75) is 19.4 Å². The number of benzene rings is 2. The number of hydrogen-bond donors (Lipinski definition) is 1. The van der Waals surface area contributed by atoms with Gasteiger partial charge in [-0.1, -0.05) is 24.8 Å². The summed E-state index contributed by atoms with van der Waals surface area (Å²) >= 11 is 0. The van der Waals surface area contributed by atoms with Crippen LogP contribution in [-0.2, 0) is 9.31 Å². The summed E-state index contributed by atoms with van der Waals surface area (Å²) in [4.78, 5) is 0. The summed E-state index contributed by atoms with van der Waals surface area (Å²) in [5, 5.41) is 12.2. The van der Waals surface area contributed by atoms with Crippen LogP contribution in [0.2, 0.25) is 0 Å². The van der Waals surface area contributed by atoms with Gasteiger partial charge in [0.05, 0.1) is 17.4 Å². The largest absolute Gasteiger partial charge is 0.565 e. The molecular formula is C18H17BN2O2. The standard InChI is InChI=1S/C18H17BN2O2/c1-13-18(2,3)23-19(22-13)16-6-4-5-7-17(16)21-15-10-8-14(12-20)9-11-15/h4-11,21H,1H2,2-3H3. The second-order valence-electron chi connectivity index (χ2n) is 5.90. The molecule has 1 heterocycles. The summed E-state index contributed by atoms with van der Waals surface area (Å²) in [7, 11) is -0.486. The van der Waals surface area contributed by atoms with Crippen LogP contribution in [0, 0.1) is 11.3 Å². The monoisotopic (exact) mass is 304 g/mol. The fourth-order valence-corrected chi connectivity index (χ4v) is 2.36. The van der Waals surface area contributed by atoms with Crippen molar-refractivity contribution < 1.29 is 9.31 Å². The van der Waals surface area contributed by atoms with Gasteiger partial charge in [-0.2, -0.15) is 5.26 Å². The molecule has 114 valence electrons. The normalized spacial score (nSPS) is 15.9. The molecule has 1 fully saturated rings. The van der Waals surface area contributed by atoms with Crippen LogP contribution in [0.5, 0.6) is 0 Å². The Labute approximate surface area is 136 Å². The van der Waals surface area contributed by atoms with Crippen LogP contribution in [0.3, 0.4) is 0 Å². The van der Waals surface area contributed by atoms with Crippen molar-refractivity contribution in [3.05, 3.63) is 66.4 Å². The predicted molar refractivity (Wildman–Crippen MR) is 91.7 cm³/mol. The average molecular weight is 304 g/mol. The molecule has 2 aromatic rings. The minimum absolute atomic E-state index is 0.486. The number of anilines is 2. The lowest BCUT2D eigenvalue weighted by molar-refractivity contribution is 0.173. The topological polar surface area (TPSA) is 54.3 Å². The SMILES string of the molecule is C=C1OB(c2ccccc2Nc2ccc(C#N)cc2)OC1(C)C. The number of nitriles is 1. The van der Waals surface area contributed by atoms with Gasteiger partial charge < -0.3 is 14.6 Å². The Morgan fingerprint density at radius 1 is 1.13 bits per heavy atom. The molecular weight excluding hydrogens is 287 g/mol. The summed E-state index contributed by atoms with van der Waals surface area (Å²) in [6.07, 6.45) is 0. The molecule has 0 amide bonds. The summed E-state index contributed by atoms with van der Waals surface area (Å²) in [6, 6.07) is 17.2. The molecule has 0 saturated carbocycles. The lowest BCUT2D eigenvalue weighted by atomic mass is 9.78. The van der Waals surface area contributed by atoms with Crippen molar-refractivity contribution >= 4 is 24.0 Å². The zero-order chi connectivity index (χ0) is 16.4. The highest BCUT2D eigenvalue weighted by Gasteiger charge is 2.43. The minimum atomic E-state index is -0.508. The first kappa shape index (κ1) is 15.2. The Morgan fingerprint density at radius 2 is 1.83 bits per heavy atom. The number of nitrogens with zero attached hydrogens (tertiary/aromatic N) is 1. The van der Waals surface area contributed by atoms with Crippen LogP contribution in [-0.4, -0.2) is 12.7 Å². The number of nitrogens with one attached hydrogen (secondary N) is 1. The lowest BCUT2D eigenvalue weighted by Gasteiger charge is -2.16. The molecule has 1 aliphatic rings. The highest BCUT2D eigenvalue weighted by Crippen LogP contribution is 2.30. The zero-order valence-corrected chi connectivity index (χ0v) is 13.2. The van der Waals surface area contributed by atoms with Crippen molar-refractivity contribution in [3.8, 4) is 6.07 Å². The molecule has 0 aliphatic carbocycles. The van der Waals surface area contributed by atoms with E-state index in [4.69, 9.17) is 14.6 Å². The van der Waals surface area contributed by atoms with E-state index >= 15 is 0 Å². The predicted octanol–water partition coefficient (Wildman–Crippen LogP) is 3.34. The van der Waals surface area contributed by atoms with E-state index in [0.717, 1.165) is 16.8 Å². The molecule has 0 unspecified atom stereocenters. The molecule has 1 aliphatic heterocycles. The van der Waals surface area contributed by atoms with Gasteiger partial charge in [-0.15, -0.1) is 0 Å². The van der Waals surface area contributed by atoms with E-state index in [2.05, 4.69) is 18.0 Å². The molecule has 0 atom stereocenters. The fraction of sp³-hybridized carbons (Fsp3) is 0.167. The van der Waals surface area contributed by atoms with Crippen molar-refractivity contribution in [2.75, 3.05) is 5.32 Å². The van der Waals surface area contributed by atoms with Crippen LogP contribution < -0.4 is 10.8 Å². The summed E-state index contributed by atoms with van der Waals surface area (Å²) in [6.45, 7) is 7.79. The lowest BCUT2D eigenvalue weighted by Crippen LogP contribution is -2.35. The van der Waals surface area contributed by atoms with Crippen LogP contribution in [0.1, 0.15) is 19.4 Å². The van der Waals surface area contributed by atoms with E-state index in [1.807, 2.05) is 50.2 Å². The van der Waals surface area contributed by atoms with E-state index in [1.54, 1.807) is 12.1 Å². The minimum Gasteiger partial charge on any atom is -0.534 e. The van der Waals surface area contributed by atoms with Crippen molar-refractivity contribution in [1.82, 2.24) is 0 Å². The summed E-state index contributed by atoms with van der Waals surface area (Å²) < 4.78 is 11.7. The van der Waals surface area contributed by atoms with Gasteiger partial charge in [0.1, 0.15) is 5.60 Å². The van der Waals surface area contributed by atoms with Crippen LogP contribution >= 0.6 is 0 Å². The maximum absolute atomic E-state index is 8.87. The van der Waals surface area contributed by atoms with Gasteiger partial charge in [-0.25, -0.2) is 0 Å². The van der Waals surface area contributed by atoms with Crippen molar-refractivity contribution in [2.24, 2.45) is 0 Å². The van der Waals surface area contributed by atoms with Crippen LogP contribution in [0.25, 0.3) is 0 Å². The first-order valence-electron chi connectivity index (χ1n) is 7.39. The van der Waals surface area contributed by atoms with Crippen molar-refractivity contribution in [1.29, 1.82) is 5.26 Å². The van der Waals surface area contributed by atoms with E-state index < -0.39 is 12.7 Å². The molecule has 0 aromatic heterocycles. The van der Waals surface area contributed by atoms with Crippen molar-refractivity contribution in [3.63, 3.8) is 0 Å². The molecule has 23 heavy (non-hydrogen) atoms. The maximum atomic E-state index is 8.87. The summed E-state index contributed by atoms with van der Waals surface area (Å²) in [5.74, 6) is 0.621. The molecule has 5 heteroatoms. The molecule has 0 bridgehead atoms. The van der Waals surface area contributed by atoms with Gasteiger partial charge in [-0.3, -0.25) is 0 Å². The quantitative estimate of drug-likeness (QED) is 0.884.